The van der Waals surface area contributed by atoms with Crippen molar-refractivity contribution in [1.29, 1.82) is 0 Å². The summed E-state index contributed by atoms with van der Waals surface area (Å²) in [6.07, 6.45) is 1.96. The largest absolute Gasteiger partial charge is 0.492 e. The van der Waals surface area contributed by atoms with Gasteiger partial charge in [-0.15, -0.1) is 0 Å². The number of hydrazine groups is 1. The molecule has 0 aliphatic heterocycles. The number of carbonyl (C=O) groups excluding carboxylic acids is 3. The predicted octanol–water partition coefficient (Wildman–Crippen LogP) is 3.52. The summed E-state index contributed by atoms with van der Waals surface area (Å²) < 4.78 is 16.5. The molecule has 0 atom stereocenters. The van der Waals surface area contributed by atoms with E-state index >= 15 is 0 Å². The highest BCUT2D eigenvalue weighted by atomic mass is 79.9. The summed E-state index contributed by atoms with van der Waals surface area (Å²) in [5.74, 6) is -0.372. The summed E-state index contributed by atoms with van der Waals surface area (Å²) in [5.41, 5.74) is 5.51. The molecule has 0 aromatic heterocycles. The second kappa shape index (κ2) is 14.2. The molecule has 2 amide bonds. The third-order valence-corrected chi connectivity index (χ3v) is 5.05. The summed E-state index contributed by atoms with van der Waals surface area (Å²) in [4.78, 5) is 36.0. The lowest BCUT2D eigenvalue weighted by atomic mass is 10.2. The topological polar surface area (TPSA) is 115 Å². The molecule has 34 heavy (non-hydrogen) atoms. The van der Waals surface area contributed by atoms with E-state index in [1.807, 2.05) is 0 Å². The Hall–Kier alpha value is -3.18. The molecule has 0 spiro atoms. The summed E-state index contributed by atoms with van der Waals surface area (Å²) in [7, 11) is 0. The van der Waals surface area contributed by atoms with Crippen LogP contribution in [-0.4, -0.2) is 42.7 Å². The van der Waals surface area contributed by atoms with E-state index in [0.717, 1.165) is 12.8 Å². The van der Waals surface area contributed by atoms with E-state index in [0.29, 0.717) is 33.7 Å². The lowest BCUT2D eigenvalue weighted by Crippen LogP contribution is -2.49. The molecule has 11 heteroatoms. The monoisotopic (exact) mass is 551 g/mol. The smallest absolute Gasteiger partial charge is 0.338 e. The predicted molar refractivity (Wildman–Crippen MR) is 134 cm³/mol. The maximum atomic E-state index is 12.4. The van der Waals surface area contributed by atoms with Crippen LogP contribution < -0.4 is 25.6 Å². The Morgan fingerprint density at radius 3 is 2.32 bits per heavy atom. The maximum Gasteiger partial charge on any atom is 0.338 e. The number of halogens is 1. The molecule has 182 valence electrons. The van der Waals surface area contributed by atoms with Gasteiger partial charge in [0.1, 0.15) is 11.5 Å². The van der Waals surface area contributed by atoms with Gasteiger partial charge in [-0.1, -0.05) is 13.3 Å². The molecular weight excluding hydrogens is 526 g/mol. The second-order valence-corrected chi connectivity index (χ2v) is 8.10. The van der Waals surface area contributed by atoms with Gasteiger partial charge in [0, 0.05) is 5.56 Å². The molecule has 0 unspecified atom stereocenters. The van der Waals surface area contributed by atoms with Crippen molar-refractivity contribution in [3.05, 3.63) is 58.1 Å². The van der Waals surface area contributed by atoms with Gasteiger partial charge in [-0.2, -0.15) is 0 Å². The Morgan fingerprint density at radius 2 is 1.68 bits per heavy atom. The summed E-state index contributed by atoms with van der Waals surface area (Å²) >= 11 is 8.43. The van der Waals surface area contributed by atoms with E-state index in [-0.39, 0.29) is 18.3 Å². The number of nitrogens with one attached hydrogen (secondary N) is 3. The normalized spacial score (nSPS) is 10.1. The van der Waals surface area contributed by atoms with Crippen LogP contribution in [0.1, 0.15) is 47.4 Å². The number of carbonyl (C=O) groups is 3. The molecule has 0 aliphatic carbocycles. The number of rotatable bonds is 10. The number of esters is 1. The van der Waals surface area contributed by atoms with Crippen LogP contribution in [0.3, 0.4) is 0 Å². The van der Waals surface area contributed by atoms with Gasteiger partial charge in [0.15, 0.2) is 11.7 Å². The van der Waals surface area contributed by atoms with Crippen LogP contribution in [0, 0.1) is 0 Å². The van der Waals surface area contributed by atoms with Crippen LogP contribution in [0.5, 0.6) is 11.5 Å². The highest BCUT2D eigenvalue weighted by Gasteiger charge is 2.12. The molecule has 9 nitrogen and oxygen atoms in total. The van der Waals surface area contributed by atoms with Crippen LogP contribution in [0.25, 0.3) is 0 Å². The lowest BCUT2D eigenvalue weighted by Gasteiger charge is -2.12. The fraction of sp³-hybridized carbons (Fsp3) is 0.304. The molecule has 0 aliphatic rings. The molecule has 0 saturated heterocycles. The quantitative estimate of drug-likeness (QED) is 0.178. The molecule has 0 radical (unpaired) electrons. The number of hydrogen-bond acceptors (Lipinski definition) is 7. The van der Waals surface area contributed by atoms with Crippen molar-refractivity contribution in [2.24, 2.45) is 0 Å². The minimum atomic E-state index is -0.526. The Kier molecular flexibility index (Phi) is 11.3. The van der Waals surface area contributed by atoms with Crippen molar-refractivity contribution < 1.29 is 28.6 Å². The first-order chi connectivity index (χ1) is 16.3. The van der Waals surface area contributed by atoms with Crippen molar-refractivity contribution >= 4 is 51.0 Å². The third-order valence-electron chi connectivity index (χ3n) is 4.23. The van der Waals surface area contributed by atoms with Gasteiger partial charge in [-0.3, -0.25) is 25.8 Å². The first kappa shape index (κ1) is 27.1. The lowest BCUT2D eigenvalue weighted by molar-refractivity contribution is -0.123. The summed E-state index contributed by atoms with van der Waals surface area (Å²) in [6.45, 7) is 4.36. The average Bonchev–Trinajstić information content (AvgIpc) is 2.83. The van der Waals surface area contributed by atoms with Crippen molar-refractivity contribution in [2.45, 2.75) is 26.7 Å². The Labute approximate surface area is 211 Å². The number of benzene rings is 2. The van der Waals surface area contributed by atoms with Crippen LogP contribution >= 0.6 is 28.1 Å². The van der Waals surface area contributed by atoms with E-state index in [2.05, 4.69) is 39.0 Å². The number of unbranched alkanes of at least 4 members (excludes halogenated alkanes) is 1. The number of hydrogen-bond donors (Lipinski definition) is 3. The van der Waals surface area contributed by atoms with Crippen LogP contribution in [0.4, 0.5) is 0 Å². The van der Waals surface area contributed by atoms with Crippen LogP contribution in [0.2, 0.25) is 0 Å². The van der Waals surface area contributed by atoms with Crippen molar-refractivity contribution in [3.8, 4) is 11.5 Å². The van der Waals surface area contributed by atoms with E-state index in [1.54, 1.807) is 37.3 Å². The van der Waals surface area contributed by atoms with Crippen molar-refractivity contribution in [2.75, 3.05) is 19.8 Å². The van der Waals surface area contributed by atoms with E-state index in [4.69, 9.17) is 26.4 Å². The summed E-state index contributed by atoms with van der Waals surface area (Å²) in [6, 6.07) is 11.1. The van der Waals surface area contributed by atoms with Crippen molar-refractivity contribution in [1.82, 2.24) is 16.2 Å². The standard InChI is InChI=1S/C23H26BrN3O6S/c1-3-5-12-32-19-11-8-16(13-18(19)24)21(29)25-23(34)27-26-20(28)14-33-17-9-6-15(7-10-17)22(30)31-4-2/h6-11,13H,3-5,12,14H2,1-2H3,(H,26,28)(H2,25,27,29,34). The number of ether oxygens (including phenoxy) is 3. The molecule has 2 aromatic carbocycles. The van der Waals surface area contributed by atoms with Crippen molar-refractivity contribution in [3.63, 3.8) is 0 Å². The molecule has 0 saturated carbocycles. The van der Waals surface area contributed by atoms with Crippen LogP contribution in [0.15, 0.2) is 46.9 Å². The average molecular weight is 552 g/mol. The minimum Gasteiger partial charge on any atom is -0.492 e. The zero-order valence-corrected chi connectivity index (χ0v) is 21.2. The van der Waals surface area contributed by atoms with Gasteiger partial charge in [-0.05, 0) is 84.0 Å². The van der Waals surface area contributed by atoms with E-state index < -0.39 is 17.8 Å². The summed E-state index contributed by atoms with van der Waals surface area (Å²) in [5, 5.41) is 2.39. The first-order valence-corrected chi connectivity index (χ1v) is 11.8. The van der Waals surface area contributed by atoms with Gasteiger partial charge in [0.05, 0.1) is 23.2 Å². The van der Waals surface area contributed by atoms with Gasteiger partial charge < -0.3 is 14.2 Å². The van der Waals surface area contributed by atoms with Gasteiger partial charge in [0.25, 0.3) is 11.8 Å². The number of amides is 2. The van der Waals surface area contributed by atoms with E-state index in [9.17, 15) is 14.4 Å². The van der Waals surface area contributed by atoms with Gasteiger partial charge in [-0.25, -0.2) is 4.79 Å². The zero-order valence-electron chi connectivity index (χ0n) is 18.8. The first-order valence-electron chi connectivity index (χ1n) is 10.6. The second-order valence-electron chi connectivity index (χ2n) is 6.84. The SMILES string of the molecule is CCCCOc1ccc(C(=O)NC(=S)NNC(=O)COc2ccc(C(=O)OCC)cc2)cc1Br. The molecule has 2 rings (SSSR count). The van der Waals surface area contributed by atoms with Crippen LogP contribution in [-0.2, 0) is 9.53 Å². The van der Waals surface area contributed by atoms with E-state index in [1.165, 1.54) is 12.1 Å². The third kappa shape index (κ3) is 8.99. The Balaban J connectivity index is 1.74. The molecule has 2 aromatic rings. The molecule has 0 bridgehead atoms. The minimum absolute atomic E-state index is 0.0865. The fourth-order valence-corrected chi connectivity index (χ4v) is 3.14. The number of thiocarbonyl (C=S) groups is 1. The maximum absolute atomic E-state index is 12.4. The van der Waals surface area contributed by atoms with Gasteiger partial charge in [0.2, 0.25) is 0 Å². The molecular formula is C23H26BrN3O6S. The molecule has 0 fully saturated rings. The highest BCUT2D eigenvalue weighted by molar-refractivity contribution is 9.10. The highest BCUT2D eigenvalue weighted by Crippen LogP contribution is 2.26. The zero-order chi connectivity index (χ0) is 24.9. The van der Waals surface area contributed by atoms with Gasteiger partial charge >= 0.3 is 5.97 Å². The Bertz CT molecular complexity index is 1020. The fourth-order valence-electron chi connectivity index (χ4n) is 2.51. The Morgan fingerprint density at radius 1 is 0.971 bits per heavy atom. The molecule has 3 N–H and O–H groups in total. The molecule has 0 heterocycles.